The molecule has 0 bridgehead atoms. The van der Waals surface area contributed by atoms with Crippen molar-refractivity contribution in [2.45, 2.75) is 50.9 Å². The molecule has 2 aliphatic rings. The molecule has 31 heavy (non-hydrogen) atoms. The van der Waals surface area contributed by atoms with Crippen LogP contribution in [0.2, 0.25) is 10.0 Å². The Hall–Kier alpha value is -1.42. The van der Waals surface area contributed by atoms with Crippen LogP contribution in [0.25, 0.3) is 0 Å². The normalized spacial score (nSPS) is 31.7. The van der Waals surface area contributed by atoms with Crippen LogP contribution in [0.15, 0.2) is 42.5 Å². The highest BCUT2D eigenvalue weighted by molar-refractivity contribution is 6.30. The first-order chi connectivity index (χ1) is 14.8. The van der Waals surface area contributed by atoms with Gasteiger partial charge in [-0.2, -0.15) is 0 Å². The van der Waals surface area contributed by atoms with Crippen molar-refractivity contribution in [1.29, 1.82) is 0 Å². The Labute approximate surface area is 192 Å². The molecular formula is C22H28Cl2N4O3. The minimum atomic E-state index is -0.792. The van der Waals surface area contributed by atoms with Crippen LogP contribution in [-0.4, -0.2) is 34.8 Å². The Morgan fingerprint density at radius 3 is 2.03 bits per heavy atom. The number of nitrogens with one attached hydrogen (secondary N) is 4. The SMILES string of the molecule is CC1NNC(O)C1C(c1cc(Cl)ccc1OCc1cccc(Cl)c1)C1C(C)NNC1O. The van der Waals surface area contributed by atoms with Crippen LogP contribution in [0.1, 0.15) is 30.9 Å². The first kappa shape index (κ1) is 22.8. The predicted molar refractivity (Wildman–Crippen MR) is 120 cm³/mol. The van der Waals surface area contributed by atoms with Gasteiger partial charge in [-0.25, -0.2) is 10.9 Å². The third-order valence-electron chi connectivity index (χ3n) is 6.25. The van der Waals surface area contributed by atoms with E-state index < -0.39 is 12.5 Å². The van der Waals surface area contributed by atoms with Crippen molar-refractivity contribution in [3.63, 3.8) is 0 Å². The van der Waals surface area contributed by atoms with E-state index in [-0.39, 0.29) is 29.8 Å². The van der Waals surface area contributed by atoms with Crippen molar-refractivity contribution in [3.8, 4) is 5.75 Å². The van der Waals surface area contributed by atoms with E-state index in [9.17, 15) is 10.2 Å². The minimum Gasteiger partial charge on any atom is -0.489 e. The summed E-state index contributed by atoms with van der Waals surface area (Å²) in [5, 5.41) is 22.7. The Morgan fingerprint density at radius 1 is 0.871 bits per heavy atom. The summed E-state index contributed by atoms with van der Waals surface area (Å²) in [6, 6.07) is 12.9. The molecule has 2 fully saturated rings. The lowest BCUT2D eigenvalue weighted by atomic mass is 9.71. The van der Waals surface area contributed by atoms with Gasteiger partial charge in [-0.05, 0) is 55.3 Å². The van der Waals surface area contributed by atoms with E-state index in [1.165, 1.54) is 0 Å². The summed E-state index contributed by atoms with van der Waals surface area (Å²) in [5.74, 6) is -0.0494. The van der Waals surface area contributed by atoms with Crippen molar-refractivity contribution in [1.82, 2.24) is 21.7 Å². The van der Waals surface area contributed by atoms with Gasteiger partial charge >= 0.3 is 0 Å². The molecule has 6 N–H and O–H groups in total. The maximum Gasteiger partial charge on any atom is 0.123 e. The van der Waals surface area contributed by atoms with Gasteiger partial charge in [0.05, 0.1) is 0 Å². The van der Waals surface area contributed by atoms with Crippen molar-refractivity contribution >= 4 is 23.2 Å². The van der Waals surface area contributed by atoms with E-state index >= 15 is 0 Å². The number of aliphatic hydroxyl groups excluding tert-OH is 2. The van der Waals surface area contributed by atoms with Gasteiger partial charge in [0.15, 0.2) is 0 Å². The van der Waals surface area contributed by atoms with Crippen molar-refractivity contribution in [2.24, 2.45) is 11.8 Å². The third kappa shape index (κ3) is 4.84. The third-order valence-corrected chi connectivity index (χ3v) is 6.72. The highest BCUT2D eigenvalue weighted by atomic mass is 35.5. The van der Waals surface area contributed by atoms with Crippen LogP contribution in [-0.2, 0) is 6.61 Å². The fraction of sp³-hybridized carbons (Fsp3) is 0.455. The highest BCUT2D eigenvalue weighted by Crippen LogP contribution is 2.45. The largest absolute Gasteiger partial charge is 0.489 e. The van der Waals surface area contributed by atoms with Gasteiger partial charge in [0.25, 0.3) is 0 Å². The van der Waals surface area contributed by atoms with Gasteiger partial charge < -0.3 is 14.9 Å². The average Bonchev–Trinajstić information content (AvgIpc) is 3.24. The van der Waals surface area contributed by atoms with Crippen molar-refractivity contribution < 1.29 is 14.9 Å². The molecule has 6 unspecified atom stereocenters. The molecule has 2 aromatic rings. The molecule has 0 aromatic heterocycles. The van der Waals surface area contributed by atoms with Gasteiger partial charge in [0.2, 0.25) is 0 Å². The molecule has 2 saturated heterocycles. The molecule has 4 rings (SSSR count). The standard InChI is InChI=1S/C22H28Cl2N4O3/c1-11-18(21(29)27-25-11)20(19-12(2)26-28-22(19)30)16-9-15(24)6-7-17(16)31-10-13-4-3-5-14(23)8-13/h3-9,11-12,18-22,25-30H,10H2,1-2H3. The smallest absolute Gasteiger partial charge is 0.123 e. The first-order valence-electron chi connectivity index (χ1n) is 10.4. The molecule has 6 atom stereocenters. The predicted octanol–water partition coefficient (Wildman–Crippen LogP) is 2.52. The van der Waals surface area contributed by atoms with Crippen molar-refractivity contribution in [3.05, 3.63) is 63.6 Å². The summed E-state index contributed by atoms with van der Waals surface area (Å²) in [6.07, 6.45) is -1.58. The molecule has 0 amide bonds. The monoisotopic (exact) mass is 466 g/mol. The molecule has 0 radical (unpaired) electrons. The molecule has 168 valence electrons. The molecule has 7 nitrogen and oxygen atoms in total. The lowest BCUT2D eigenvalue weighted by molar-refractivity contribution is 0.0388. The summed E-state index contributed by atoms with van der Waals surface area (Å²) >= 11 is 12.5. The Bertz CT molecular complexity index is 874. The molecular weight excluding hydrogens is 439 g/mol. The number of halogens is 2. The zero-order valence-electron chi connectivity index (χ0n) is 17.3. The van der Waals surface area contributed by atoms with Gasteiger partial charge in [-0.3, -0.25) is 10.9 Å². The number of aliphatic hydroxyl groups is 2. The molecule has 2 aromatic carbocycles. The van der Waals surface area contributed by atoms with E-state index in [1.807, 2.05) is 50.2 Å². The van der Waals surface area contributed by atoms with Crippen LogP contribution in [0.5, 0.6) is 5.75 Å². The van der Waals surface area contributed by atoms with Gasteiger partial charge in [0, 0.05) is 39.9 Å². The summed E-state index contributed by atoms with van der Waals surface area (Å²) in [6.45, 7) is 4.34. The lowest BCUT2D eigenvalue weighted by Crippen LogP contribution is -2.41. The zero-order valence-corrected chi connectivity index (χ0v) is 18.9. The van der Waals surface area contributed by atoms with E-state index in [0.717, 1.165) is 11.1 Å². The Balaban J connectivity index is 1.72. The van der Waals surface area contributed by atoms with E-state index in [2.05, 4.69) is 21.7 Å². The van der Waals surface area contributed by atoms with Crippen LogP contribution < -0.4 is 26.4 Å². The maximum absolute atomic E-state index is 10.7. The van der Waals surface area contributed by atoms with Crippen molar-refractivity contribution in [2.75, 3.05) is 0 Å². The zero-order chi connectivity index (χ0) is 22.1. The number of ether oxygens (including phenoxy) is 1. The Kier molecular flexibility index (Phi) is 7.05. The fourth-order valence-electron chi connectivity index (χ4n) is 4.75. The summed E-state index contributed by atoms with van der Waals surface area (Å²) in [4.78, 5) is 0. The maximum atomic E-state index is 10.7. The molecule has 2 heterocycles. The number of benzene rings is 2. The van der Waals surface area contributed by atoms with Crippen LogP contribution in [0.4, 0.5) is 0 Å². The lowest BCUT2D eigenvalue weighted by Gasteiger charge is -2.36. The number of hydrogen-bond acceptors (Lipinski definition) is 7. The summed E-state index contributed by atoms with van der Waals surface area (Å²) in [7, 11) is 0. The van der Waals surface area contributed by atoms with Crippen LogP contribution in [0, 0.1) is 11.8 Å². The van der Waals surface area contributed by atoms with E-state index in [4.69, 9.17) is 27.9 Å². The molecule has 0 spiro atoms. The van der Waals surface area contributed by atoms with Crippen LogP contribution >= 0.6 is 23.2 Å². The van der Waals surface area contributed by atoms with Gasteiger partial charge in [-0.1, -0.05) is 35.3 Å². The van der Waals surface area contributed by atoms with E-state index in [1.54, 1.807) is 6.07 Å². The summed E-state index contributed by atoms with van der Waals surface area (Å²) < 4.78 is 6.21. The first-order valence-corrected chi connectivity index (χ1v) is 11.2. The van der Waals surface area contributed by atoms with Gasteiger partial charge in [-0.15, -0.1) is 0 Å². The summed E-state index contributed by atoms with van der Waals surface area (Å²) in [5.41, 5.74) is 13.8. The average molecular weight is 467 g/mol. The number of hydrogen-bond donors (Lipinski definition) is 6. The second-order valence-corrected chi connectivity index (χ2v) is 9.20. The molecule has 0 saturated carbocycles. The van der Waals surface area contributed by atoms with E-state index in [0.29, 0.717) is 22.4 Å². The molecule has 0 aliphatic carbocycles. The van der Waals surface area contributed by atoms with Crippen LogP contribution in [0.3, 0.4) is 0 Å². The molecule has 9 heteroatoms. The quantitative estimate of drug-likeness (QED) is 0.389. The fourth-order valence-corrected chi connectivity index (χ4v) is 5.14. The second kappa shape index (κ2) is 9.60. The number of rotatable bonds is 6. The van der Waals surface area contributed by atoms with Gasteiger partial charge in [0.1, 0.15) is 24.8 Å². The number of hydrazine groups is 2. The Morgan fingerprint density at radius 2 is 1.48 bits per heavy atom. The highest BCUT2D eigenvalue weighted by Gasteiger charge is 2.48. The minimum absolute atomic E-state index is 0.0419. The molecule has 2 aliphatic heterocycles. The topological polar surface area (TPSA) is 97.8 Å². The second-order valence-electron chi connectivity index (χ2n) is 8.33.